The third-order valence-electron chi connectivity index (χ3n) is 2.09. The maximum atomic E-state index is 12.6. The number of nitrogen functional groups attached to an aromatic ring is 1. The second kappa shape index (κ2) is 5.24. The molecule has 17 heavy (non-hydrogen) atoms. The van der Waals surface area contributed by atoms with Crippen molar-refractivity contribution >= 4 is 11.4 Å². The number of hydrogen-bond donors (Lipinski definition) is 4. The summed E-state index contributed by atoms with van der Waals surface area (Å²) in [6.07, 6.45) is -5.64. The van der Waals surface area contributed by atoms with Crippen LogP contribution in [-0.4, -0.2) is 29.5 Å². The summed E-state index contributed by atoms with van der Waals surface area (Å²) in [5.41, 5.74) is 4.21. The van der Waals surface area contributed by atoms with E-state index in [1.54, 1.807) is 0 Å². The van der Waals surface area contributed by atoms with Crippen molar-refractivity contribution in [3.05, 3.63) is 23.8 Å². The smallest absolute Gasteiger partial charge is 0.399 e. The molecule has 5 N–H and O–H groups in total. The number of rotatable bonds is 4. The van der Waals surface area contributed by atoms with E-state index >= 15 is 0 Å². The zero-order valence-corrected chi connectivity index (χ0v) is 8.83. The molecule has 0 aliphatic carbocycles. The SMILES string of the molecule is Nc1ccc(NCC(O)CO)c(C(F)(F)F)c1. The van der Waals surface area contributed by atoms with Crippen molar-refractivity contribution in [2.24, 2.45) is 0 Å². The number of aliphatic hydroxyl groups is 2. The molecule has 96 valence electrons. The Hall–Kier alpha value is -1.47. The summed E-state index contributed by atoms with van der Waals surface area (Å²) < 4.78 is 37.9. The van der Waals surface area contributed by atoms with Gasteiger partial charge in [-0.05, 0) is 18.2 Å². The van der Waals surface area contributed by atoms with Crippen molar-refractivity contribution in [2.75, 3.05) is 24.2 Å². The van der Waals surface area contributed by atoms with Crippen LogP contribution in [0.3, 0.4) is 0 Å². The third kappa shape index (κ3) is 3.79. The first-order valence-electron chi connectivity index (χ1n) is 4.84. The maximum Gasteiger partial charge on any atom is 0.418 e. The summed E-state index contributed by atoms with van der Waals surface area (Å²) in [5.74, 6) is 0. The number of alkyl halides is 3. The highest BCUT2D eigenvalue weighted by Crippen LogP contribution is 2.35. The van der Waals surface area contributed by atoms with E-state index in [1.807, 2.05) is 0 Å². The number of anilines is 2. The van der Waals surface area contributed by atoms with E-state index in [1.165, 1.54) is 12.1 Å². The van der Waals surface area contributed by atoms with Gasteiger partial charge in [0.15, 0.2) is 0 Å². The predicted octanol–water partition coefficient (Wildman–Crippen LogP) is 1.05. The summed E-state index contributed by atoms with van der Waals surface area (Å²) in [6, 6.07) is 3.32. The zero-order valence-electron chi connectivity index (χ0n) is 8.83. The topological polar surface area (TPSA) is 78.5 Å². The van der Waals surface area contributed by atoms with E-state index in [2.05, 4.69) is 5.32 Å². The van der Waals surface area contributed by atoms with Gasteiger partial charge in [-0.3, -0.25) is 0 Å². The van der Waals surface area contributed by atoms with Gasteiger partial charge in [-0.1, -0.05) is 0 Å². The Labute approximate surface area is 95.9 Å². The normalized spacial score (nSPS) is 13.5. The fraction of sp³-hybridized carbons (Fsp3) is 0.400. The molecule has 1 atom stereocenters. The third-order valence-corrected chi connectivity index (χ3v) is 2.09. The molecule has 4 nitrogen and oxygen atoms in total. The lowest BCUT2D eigenvalue weighted by molar-refractivity contribution is -0.136. The molecule has 0 aliphatic rings. The van der Waals surface area contributed by atoms with E-state index in [-0.39, 0.29) is 17.9 Å². The van der Waals surface area contributed by atoms with Crippen LogP contribution in [0.2, 0.25) is 0 Å². The van der Waals surface area contributed by atoms with E-state index in [0.29, 0.717) is 0 Å². The fourth-order valence-corrected chi connectivity index (χ4v) is 1.24. The number of aliphatic hydroxyl groups excluding tert-OH is 2. The van der Waals surface area contributed by atoms with Crippen LogP contribution >= 0.6 is 0 Å². The molecular weight excluding hydrogens is 237 g/mol. The lowest BCUT2D eigenvalue weighted by atomic mass is 10.1. The van der Waals surface area contributed by atoms with Gasteiger partial charge < -0.3 is 21.3 Å². The minimum Gasteiger partial charge on any atom is -0.399 e. The Morgan fingerprint density at radius 3 is 2.53 bits per heavy atom. The van der Waals surface area contributed by atoms with Gasteiger partial charge in [0.1, 0.15) is 0 Å². The van der Waals surface area contributed by atoms with E-state index in [4.69, 9.17) is 15.9 Å². The van der Waals surface area contributed by atoms with Gasteiger partial charge in [0.05, 0.1) is 18.3 Å². The standard InChI is InChI=1S/C10H13F3N2O2/c11-10(12,13)8-3-6(14)1-2-9(8)15-4-7(17)5-16/h1-3,7,15-17H,4-5,14H2. The van der Waals surface area contributed by atoms with Gasteiger partial charge in [0, 0.05) is 17.9 Å². The first-order valence-corrected chi connectivity index (χ1v) is 4.84. The molecule has 0 spiro atoms. The van der Waals surface area contributed by atoms with Crippen LogP contribution < -0.4 is 11.1 Å². The lowest BCUT2D eigenvalue weighted by Crippen LogP contribution is -2.24. The molecule has 1 aromatic rings. The minimum absolute atomic E-state index is 0.00517. The summed E-state index contributed by atoms with van der Waals surface area (Å²) in [5, 5.41) is 20.0. The van der Waals surface area contributed by atoms with Crippen LogP contribution in [0.5, 0.6) is 0 Å². The molecule has 7 heteroatoms. The van der Waals surface area contributed by atoms with Crippen molar-refractivity contribution in [1.29, 1.82) is 0 Å². The Bertz CT molecular complexity index is 382. The monoisotopic (exact) mass is 250 g/mol. The second-order valence-electron chi connectivity index (χ2n) is 3.52. The summed E-state index contributed by atoms with van der Waals surface area (Å²) in [7, 11) is 0. The average molecular weight is 250 g/mol. The zero-order chi connectivity index (χ0) is 13.1. The largest absolute Gasteiger partial charge is 0.418 e. The van der Waals surface area contributed by atoms with Crippen LogP contribution in [0, 0.1) is 0 Å². The Kier molecular flexibility index (Phi) is 4.19. The van der Waals surface area contributed by atoms with Crippen molar-refractivity contribution < 1.29 is 23.4 Å². The Morgan fingerprint density at radius 2 is 2.00 bits per heavy atom. The molecule has 0 radical (unpaired) electrons. The molecule has 1 aromatic carbocycles. The molecule has 0 saturated carbocycles. The molecule has 0 fully saturated rings. The summed E-state index contributed by atoms with van der Waals surface area (Å²) >= 11 is 0. The van der Waals surface area contributed by atoms with Gasteiger partial charge >= 0.3 is 6.18 Å². The Morgan fingerprint density at radius 1 is 1.35 bits per heavy atom. The van der Waals surface area contributed by atoms with Gasteiger partial charge in [-0.25, -0.2) is 0 Å². The van der Waals surface area contributed by atoms with E-state index < -0.39 is 24.5 Å². The van der Waals surface area contributed by atoms with E-state index in [0.717, 1.165) is 6.07 Å². The molecule has 0 bridgehead atoms. The first kappa shape index (κ1) is 13.6. The number of halogens is 3. The van der Waals surface area contributed by atoms with Crippen LogP contribution in [0.25, 0.3) is 0 Å². The molecule has 1 rings (SSSR count). The molecule has 0 amide bonds. The van der Waals surface area contributed by atoms with Crippen molar-refractivity contribution in [3.63, 3.8) is 0 Å². The molecular formula is C10H13F3N2O2. The summed E-state index contributed by atoms with van der Waals surface area (Å²) in [4.78, 5) is 0. The van der Waals surface area contributed by atoms with Crippen molar-refractivity contribution in [3.8, 4) is 0 Å². The fourth-order valence-electron chi connectivity index (χ4n) is 1.24. The van der Waals surface area contributed by atoms with Crippen LogP contribution in [0.1, 0.15) is 5.56 Å². The Balaban J connectivity index is 2.91. The quantitative estimate of drug-likeness (QED) is 0.602. The molecule has 0 aromatic heterocycles. The predicted molar refractivity (Wildman–Crippen MR) is 57.4 cm³/mol. The van der Waals surface area contributed by atoms with Crippen molar-refractivity contribution in [2.45, 2.75) is 12.3 Å². The number of hydrogen-bond acceptors (Lipinski definition) is 4. The molecule has 1 unspecified atom stereocenters. The van der Waals surface area contributed by atoms with Crippen LogP contribution in [-0.2, 0) is 6.18 Å². The second-order valence-corrected chi connectivity index (χ2v) is 3.52. The number of nitrogens with one attached hydrogen (secondary N) is 1. The number of nitrogens with two attached hydrogens (primary N) is 1. The highest BCUT2D eigenvalue weighted by molar-refractivity contribution is 5.59. The van der Waals surface area contributed by atoms with Crippen LogP contribution in [0.4, 0.5) is 24.5 Å². The first-order chi connectivity index (χ1) is 7.84. The molecule has 0 saturated heterocycles. The van der Waals surface area contributed by atoms with Crippen LogP contribution in [0.15, 0.2) is 18.2 Å². The van der Waals surface area contributed by atoms with Gasteiger partial charge in [0.25, 0.3) is 0 Å². The molecule has 0 aliphatic heterocycles. The van der Waals surface area contributed by atoms with Gasteiger partial charge in [0.2, 0.25) is 0 Å². The van der Waals surface area contributed by atoms with Gasteiger partial charge in [-0.15, -0.1) is 0 Å². The van der Waals surface area contributed by atoms with Gasteiger partial charge in [-0.2, -0.15) is 13.2 Å². The van der Waals surface area contributed by atoms with E-state index in [9.17, 15) is 13.2 Å². The minimum atomic E-state index is -4.53. The summed E-state index contributed by atoms with van der Waals surface area (Å²) in [6.45, 7) is -0.702. The van der Waals surface area contributed by atoms with Crippen molar-refractivity contribution in [1.82, 2.24) is 0 Å². The molecule has 0 heterocycles. The highest BCUT2D eigenvalue weighted by Gasteiger charge is 2.33. The average Bonchev–Trinajstić information content (AvgIpc) is 2.25. The maximum absolute atomic E-state index is 12.6. The highest BCUT2D eigenvalue weighted by atomic mass is 19.4. The lowest BCUT2D eigenvalue weighted by Gasteiger charge is -2.16. The number of benzene rings is 1.